The summed E-state index contributed by atoms with van der Waals surface area (Å²) in [6, 6.07) is 5.09. The van der Waals surface area contributed by atoms with Crippen molar-refractivity contribution in [2.45, 2.75) is 5.50 Å². The molecule has 1 aliphatic heterocycles. The second-order valence-corrected chi connectivity index (χ2v) is 5.31. The molecule has 2 heterocycles. The van der Waals surface area contributed by atoms with Gasteiger partial charge in [0.15, 0.2) is 11.3 Å². The number of aromatic amines is 1. The van der Waals surface area contributed by atoms with Gasteiger partial charge in [0.05, 0.1) is 6.33 Å². The van der Waals surface area contributed by atoms with E-state index in [1.54, 1.807) is 23.1 Å². The van der Waals surface area contributed by atoms with E-state index in [0.29, 0.717) is 27.2 Å². The van der Waals surface area contributed by atoms with Crippen LogP contribution in [0.15, 0.2) is 24.5 Å². The maximum Gasteiger partial charge on any atom is 0.273 e. The van der Waals surface area contributed by atoms with Crippen LogP contribution in [0.2, 0.25) is 10.0 Å². The molecule has 0 fully saturated rings. The Bertz CT molecular complexity index is 640. The predicted molar refractivity (Wildman–Crippen MR) is 77.4 cm³/mol. The van der Waals surface area contributed by atoms with Crippen molar-refractivity contribution in [3.8, 4) is 0 Å². The molecule has 3 rings (SSSR count). The summed E-state index contributed by atoms with van der Waals surface area (Å²) in [5.74, 6) is 0.235. The van der Waals surface area contributed by atoms with Crippen LogP contribution in [0.4, 0.5) is 11.5 Å². The molecule has 98 valence electrons. The highest BCUT2D eigenvalue weighted by molar-refractivity contribution is 7.81. The summed E-state index contributed by atoms with van der Waals surface area (Å²) >= 11 is 16.3. The number of fused-ring (bicyclic) bond motifs is 1. The number of hydrogen-bond donors (Lipinski definition) is 3. The van der Waals surface area contributed by atoms with Crippen LogP contribution in [0.1, 0.15) is 10.5 Å². The van der Waals surface area contributed by atoms with Crippen LogP contribution in [0, 0.1) is 0 Å². The Labute approximate surface area is 124 Å². The lowest BCUT2D eigenvalue weighted by Crippen LogP contribution is -2.47. The number of hydrogen-bond acceptors (Lipinski definition) is 4. The molecule has 19 heavy (non-hydrogen) atoms. The molecule has 0 radical (unpaired) electrons. The minimum Gasteiger partial charge on any atom is -0.339 e. The van der Waals surface area contributed by atoms with Gasteiger partial charge in [0, 0.05) is 15.7 Å². The number of H-pyrrole nitrogens is 1. The fraction of sp³-hybridized carbons (Fsp3) is 0.0909. The van der Waals surface area contributed by atoms with Crippen molar-refractivity contribution in [3.05, 3.63) is 40.3 Å². The molecule has 5 nitrogen and oxygen atoms in total. The second kappa shape index (κ2) is 4.63. The van der Waals surface area contributed by atoms with Crippen LogP contribution in [-0.2, 0) is 0 Å². The van der Waals surface area contributed by atoms with Gasteiger partial charge in [-0.15, -0.1) is 12.6 Å². The highest BCUT2D eigenvalue weighted by Gasteiger charge is 2.32. The molecular formula is C11H8Cl2N4OS. The molecule has 1 aromatic heterocycles. The van der Waals surface area contributed by atoms with Crippen molar-refractivity contribution in [2.75, 3.05) is 4.90 Å². The number of aromatic nitrogens is 2. The third kappa shape index (κ3) is 2.16. The zero-order valence-corrected chi connectivity index (χ0v) is 11.8. The minimum absolute atomic E-state index is 0.253. The Kier molecular flexibility index (Phi) is 3.08. The molecule has 1 amide bonds. The van der Waals surface area contributed by atoms with Gasteiger partial charge in [0.1, 0.15) is 5.69 Å². The van der Waals surface area contributed by atoms with Crippen molar-refractivity contribution >= 4 is 53.2 Å². The van der Waals surface area contributed by atoms with Gasteiger partial charge in [-0.05, 0) is 18.2 Å². The van der Waals surface area contributed by atoms with E-state index in [9.17, 15) is 4.79 Å². The Hall–Kier alpha value is -1.37. The molecular weight excluding hydrogens is 307 g/mol. The first-order valence-corrected chi connectivity index (χ1v) is 6.61. The number of rotatable bonds is 1. The predicted octanol–water partition coefficient (Wildman–Crippen LogP) is 2.81. The van der Waals surface area contributed by atoms with E-state index in [-0.39, 0.29) is 5.91 Å². The van der Waals surface area contributed by atoms with Gasteiger partial charge in [-0.25, -0.2) is 4.98 Å². The van der Waals surface area contributed by atoms with Gasteiger partial charge in [0.25, 0.3) is 5.91 Å². The average Bonchev–Trinajstić information content (AvgIpc) is 2.76. The van der Waals surface area contributed by atoms with Crippen LogP contribution < -0.4 is 10.2 Å². The number of carbonyl (C=O) groups excluding carboxylic acids is 1. The first-order chi connectivity index (χ1) is 9.06. The third-order valence-corrected chi connectivity index (χ3v) is 3.50. The van der Waals surface area contributed by atoms with Crippen molar-refractivity contribution in [1.82, 2.24) is 15.3 Å². The number of nitrogens with one attached hydrogen (secondary N) is 2. The molecule has 1 atom stereocenters. The summed E-state index contributed by atoms with van der Waals surface area (Å²) in [6.45, 7) is 0. The molecule has 2 aromatic rings. The summed E-state index contributed by atoms with van der Waals surface area (Å²) in [6.07, 6.45) is 1.45. The van der Waals surface area contributed by atoms with E-state index in [1.165, 1.54) is 6.33 Å². The minimum atomic E-state index is -0.544. The van der Waals surface area contributed by atoms with Crippen molar-refractivity contribution in [2.24, 2.45) is 0 Å². The number of thiol groups is 1. The Morgan fingerprint density at radius 2 is 1.95 bits per heavy atom. The summed E-state index contributed by atoms with van der Waals surface area (Å²) in [5, 5.41) is 3.70. The highest BCUT2D eigenvalue weighted by atomic mass is 35.5. The first kappa shape index (κ1) is 12.7. The lowest BCUT2D eigenvalue weighted by Gasteiger charge is -2.33. The van der Waals surface area contributed by atoms with Crippen molar-refractivity contribution < 1.29 is 4.79 Å². The molecule has 2 N–H and O–H groups in total. The molecule has 0 aliphatic carbocycles. The molecule has 0 bridgehead atoms. The zero-order valence-electron chi connectivity index (χ0n) is 9.39. The monoisotopic (exact) mass is 314 g/mol. The zero-order chi connectivity index (χ0) is 13.6. The van der Waals surface area contributed by atoms with Crippen molar-refractivity contribution in [1.29, 1.82) is 0 Å². The van der Waals surface area contributed by atoms with Crippen LogP contribution >= 0.6 is 35.8 Å². The molecule has 0 saturated carbocycles. The largest absolute Gasteiger partial charge is 0.339 e. The number of nitrogens with zero attached hydrogens (tertiary/aromatic N) is 2. The summed E-state index contributed by atoms with van der Waals surface area (Å²) < 4.78 is 0. The third-order valence-electron chi connectivity index (χ3n) is 2.70. The first-order valence-electron chi connectivity index (χ1n) is 5.34. The SMILES string of the molecule is O=C1NC(S)N(c2cc(Cl)cc(Cl)c2)c2nc[nH]c21. The Morgan fingerprint density at radius 3 is 2.63 bits per heavy atom. The van der Waals surface area contributed by atoms with E-state index >= 15 is 0 Å². The van der Waals surface area contributed by atoms with E-state index in [4.69, 9.17) is 23.2 Å². The maximum absolute atomic E-state index is 11.8. The lowest BCUT2D eigenvalue weighted by atomic mass is 10.2. The topological polar surface area (TPSA) is 61.0 Å². The van der Waals surface area contributed by atoms with Gasteiger partial charge in [-0.3, -0.25) is 9.69 Å². The van der Waals surface area contributed by atoms with Gasteiger partial charge < -0.3 is 10.3 Å². The molecule has 1 aliphatic rings. The fourth-order valence-electron chi connectivity index (χ4n) is 1.95. The van der Waals surface area contributed by atoms with Gasteiger partial charge in [-0.2, -0.15) is 0 Å². The number of imidazole rings is 1. The smallest absolute Gasteiger partial charge is 0.273 e. The van der Waals surface area contributed by atoms with Gasteiger partial charge >= 0.3 is 0 Å². The normalized spacial score (nSPS) is 18.2. The van der Waals surface area contributed by atoms with Crippen molar-refractivity contribution in [3.63, 3.8) is 0 Å². The van der Waals surface area contributed by atoms with Crippen LogP contribution in [0.5, 0.6) is 0 Å². The van der Waals surface area contributed by atoms with E-state index in [2.05, 4.69) is 27.9 Å². The molecule has 8 heteroatoms. The van der Waals surface area contributed by atoms with E-state index in [1.807, 2.05) is 0 Å². The van der Waals surface area contributed by atoms with Crippen LogP contribution in [0.3, 0.4) is 0 Å². The van der Waals surface area contributed by atoms with Crippen LogP contribution in [0.25, 0.3) is 0 Å². The maximum atomic E-state index is 11.8. The summed E-state index contributed by atoms with van der Waals surface area (Å²) in [5.41, 5.74) is 0.532. The standard InChI is InChI=1S/C11H8Cl2N4OS/c12-5-1-6(13)3-7(2-5)17-9-8(14-4-15-9)10(18)16-11(17)19/h1-4,11,19H,(H,14,15)(H,16,18). The number of benzene rings is 1. The molecule has 1 unspecified atom stereocenters. The molecule has 0 spiro atoms. The molecule has 0 saturated heterocycles. The lowest BCUT2D eigenvalue weighted by molar-refractivity contribution is 0.0940. The quantitative estimate of drug-likeness (QED) is 0.709. The van der Waals surface area contributed by atoms with Gasteiger partial charge in [0.2, 0.25) is 0 Å². The number of anilines is 2. The highest BCUT2D eigenvalue weighted by Crippen LogP contribution is 2.35. The second-order valence-electron chi connectivity index (χ2n) is 3.95. The number of carbonyl (C=O) groups is 1. The Morgan fingerprint density at radius 1 is 1.26 bits per heavy atom. The Balaban J connectivity index is 2.14. The fourth-order valence-corrected chi connectivity index (χ4v) is 2.82. The van der Waals surface area contributed by atoms with E-state index < -0.39 is 5.50 Å². The summed E-state index contributed by atoms with van der Waals surface area (Å²) in [7, 11) is 0. The molecule has 1 aromatic carbocycles. The average molecular weight is 315 g/mol. The summed E-state index contributed by atoms with van der Waals surface area (Å²) in [4.78, 5) is 20.4. The van der Waals surface area contributed by atoms with Crippen LogP contribution in [-0.4, -0.2) is 21.4 Å². The van der Waals surface area contributed by atoms with E-state index in [0.717, 1.165) is 0 Å². The number of halogens is 2. The van der Waals surface area contributed by atoms with Gasteiger partial charge in [-0.1, -0.05) is 23.2 Å². The number of amides is 1.